The van der Waals surface area contributed by atoms with Gasteiger partial charge in [0.25, 0.3) is 9.05 Å². The SMILES string of the molecule is CCOC(=O)CCC(=O)Cc1cnc2[nH]c(-c3ccccc3)cc2c1.CCOC(=O)CN=C=O.Nc1cnc2[nH]c(-c3ccccc3)cc2c1.O=S(=O)(Cc1cnc2[nH]c(-c3ccccc3)cc2c1)c1cn[nH]c1.O=S(=O)(Cl)c1cn[nH]c1. The summed E-state index contributed by atoms with van der Waals surface area (Å²) in [7, 11) is -2.10. The van der Waals surface area contributed by atoms with Gasteiger partial charge in [0.1, 0.15) is 39.1 Å². The summed E-state index contributed by atoms with van der Waals surface area (Å²) in [6, 6.07) is 41.9. The first-order chi connectivity index (χ1) is 40.0. The van der Waals surface area contributed by atoms with E-state index < -0.39 is 24.9 Å². The number of aliphatic imine (C=N–C) groups is 1. The number of ether oxygens (including phenoxy) is 2. The normalized spacial score (nSPS) is 10.8. The summed E-state index contributed by atoms with van der Waals surface area (Å²) in [6.45, 7) is 3.86. The number of aromatic amines is 5. The number of hydrogen-bond donors (Lipinski definition) is 6. The van der Waals surface area contributed by atoms with E-state index >= 15 is 0 Å². The maximum Gasteiger partial charge on any atom is 0.328 e. The van der Waals surface area contributed by atoms with Crippen LogP contribution in [0.2, 0.25) is 0 Å². The van der Waals surface area contributed by atoms with E-state index in [1.54, 1.807) is 32.4 Å². The fourth-order valence-electron chi connectivity index (χ4n) is 7.83. The van der Waals surface area contributed by atoms with E-state index in [4.69, 9.17) is 21.2 Å². The molecule has 426 valence electrons. The third kappa shape index (κ3) is 18.3. The molecule has 25 heteroatoms. The van der Waals surface area contributed by atoms with Gasteiger partial charge in [0.05, 0.1) is 49.7 Å². The number of H-pyrrole nitrogens is 5. The first kappa shape index (κ1) is 60.8. The number of nitrogens with zero attached hydrogens (tertiary/aromatic N) is 6. The van der Waals surface area contributed by atoms with Crippen LogP contribution in [0.5, 0.6) is 0 Å². The molecule has 11 aromatic rings. The second-order valence-electron chi connectivity index (χ2n) is 17.7. The summed E-state index contributed by atoms with van der Waals surface area (Å²) in [5.74, 6) is -0.933. The third-order valence-corrected chi connectivity index (χ3v) is 14.6. The van der Waals surface area contributed by atoms with Crippen molar-refractivity contribution in [1.29, 1.82) is 0 Å². The van der Waals surface area contributed by atoms with Crippen LogP contribution in [0.1, 0.15) is 37.8 Å². The van der Waals surface area contributed by atoms with Crippen LogP contribution in [0.3, 0.4) is 0 Å². The Balaban J connectivity index is 0.000000158. The number of benzene rings is 3. The minimum absolute atomic E-state index is 0.00743. The summed E-state index contributed by atoms with van der Waals surface area (Å²) in [4.78, 5) is 69.1. The van der Waals surface area contributed by atoms with E-state index in [9.17, 15) is 36.0 Å². The standard InChI is InChI=1S/C20H20N2O3.C17H14N4O2S.C13H11N3.C5H7NO3.C3H3ClN2O2S/c1-2-25-19(24)9-8-17(23)11-14-10-16-12-18(22-20(16)21-13-14)15-6-4-3-5-7-15;22-24(23,15-9-19-20-10-15)11-12-6-14-7-16(21-17(14)18-8-12)13-4-2-1-3-5-13;14-11-6-10-7-12(16-13(10)15-8-11)9-4-2-1-3-5-9;1-2-9-5(8)3-6-4-7;4-9(7,8)3-1-5-6-2-3/h3-7,10,12-13H,2,8-9,11H2,1H3,(H,21,22);1-10H,11H2,(H,18,21)(H,19,20);1-8H,14H2,(H,15,16);2-3H2,1H3;1-2H,(H,5,6). The van der Waals surface area contributed by atoms with E-state index in [1.807, 2.05) is 109 Å². The smallest absolute Gasteiger partial charge is 0.328 e. The fraction of sp³-hybridized carbons (Fsp3) is 0.155. The number of Topliss-reactive ketones (excluding diaryl/α,β-unsaturated/α-hetero) is 1. The molecule has 0 bridgehead atoms. The fourth-order valence-corrected chi connectivity index (χ4v) is 9.66. The number of pyridine rings is 3. The molecule has 0 amide bonds. The zero-order valence-electron chi connectivity index (χ0n) is 44.7. The Morgan fingerprint density at radius 2 is 1.02 bits per heavy atom. The van der Waals surface area contributed by atoms with Crippen LogP contribution in [-0.4, -0.2) is 111 Å². The second kappa shape index (κ2) is 29.6. The highest BCUT2D eigenvalue weighted by Crippen LogP contribution is 2.27. The maximum atomic E-state index is 12.3. The van der Waals surface area contributed by atoms with Crippen LogP contribution in [0.4, 0.5) is 5.69 Å². The number of ketones is 1. The van der Waals surface area contributed by atoms with Crippen molar-refractivity contribution in [3.63, 3.8) is 0 Å². The number of nitrogens with two attached hydrogens (primary N) is 1. The molecule has 0 saturated carbocycles. The molecule has 0 aliphatic rings. The lowest BCUT2D eigenvalue weighted by atomic mass is 10.1. The van der Waals surface area contributed by atoms with E-state index in [0.29, 0.717) is 24.5 Å². The Bertz CT molecular complexity index is 4170. The van der Waals surface area contributed by atoms with Gasteiger partial charge in [-0.25, -0.2) is 36.6 Å². The van der Waals surface area contributed by atoms with Crippen LogP contribution in [0.15, 0.2) is 186 Å². The van der Waals surface area contributed by atoms with Crippen molar-refractivity contribution >= 4 is 92.2 Å². The van der Waals surface area contributed by atoms with Crippen molar-refractivity contribution in [2.24, 2.45) is 4.99 Å². The van der Waals surface area contributed by atoms with Gasteiger partial charge in [-0.2, -0.15) is 15.2 Å². The van der Waals surface area contributed by atoms with Crippen molar-refractivity contribution in [2.45, 2.75) is 48.7 Å². The largest absolute Gasteiger partial charge is 0.466 e. The minimum Gasteiger partial charge on any atom is -0.466 e. The molecule has 0 aliphatic heterocycles. The maximum absolute atomic E-state index is 12.3. The highest BCUT2D eigenvalue weighted by Gasteiger charge is 2.18. The zero-order chi connectivity index (χ0) is 59.2. The number of isocyanates is 1. The average molecular weight is 1180 g/mol. The molecule has 0 radical (unpaired) electrons. The van der Waals surface area contributed by atoms with Gasteiger partial charge in [-0.05, 0) is 78.1 Å². The van der Waals surface area contributed by atoms with Gasteiger partial charge in [-0.3, -0.25) is 24.6 Å². The molecule has 7 N–H and O–H groups in total. The van der Waals surface area contributed by atoms with Gasteiger partial charge in [0.2, 0.25) is 6.08 Å². The number of halogens is 1. The lowest BCUT2D eigenvalue weighted by molar-refractivity contribution is -0.144. The minimum atomic E-state index is -3.58. The Morgan fingerprint density at radius 3 is 1.47 bits per heavy atom. The van der Waals surface area contributed by atoms with Gasteiger partial charge >= 0.3 is 11.9 Å². The number of esters is 2. The highest BCUT2D eigenvalue weighted by atomic mass is 35.7. The molecule has 8 heterocycles. The summed E-state index contributed by atoms with van der Waals surface area (Å²) >= 11 is 0. The van der Waals surface area contributed by atoms with Gasteiger partial charge in [-0.15, -0.1) is 0 Å². The number of fused-ring (bicyclic) bond motifs is 3. The van der Waals surface area contributed by atoms with Crippen LogP contribution < -0.4 is 5.73 Å². The predicted molar refractivity (Wildman–Crippen MR) is 314 cm³/mol. The first-order valence-corrected chi connectivity index (χ1v) is 29.3. The predicted octanol–water partition coefficient (Wildman–Crippen LogP) is 9.65. The number of aromatic nitrogens is 10. The molecule has 0 saturated heterocycles. The number of nitrogens with one attached hydrogen (secondary N) is 5. The molecular weight excluding hydrogens is 1120 g/mol. The van der Waals surface area contributed by atoms with Gasteiger partial charge < -0.3 is 30.2 Å². The Kier molecular flexibility index (Phi) is 21.6. The van der Waals surface area contributed by atoms with Crippen LogP contribution in [0, 0.1) is 0 Å². The van der Waals surface area contributed by atoms with E-state index in [2.05, 4.69) is 78.2 Å². The average Bonchev–Trinajstić information content (AvgIpc) is 4.56. The molecular formula is C58H55ClN12O10S2. The molecule has 22 nitrogen and oxygen atoms in total. The Morgan fingerprint density at radius 1 is 0.578 bits per heavy atom. The summed E-state index contributed by atoms with van der Waals surface area (Å²) in [6.07, 6.45) is 11.8. The third-order valence-electron chi connectivity index (χ3n) is 11.6. The molecule has 3 aromatic carbocycles. The van der Waals surface area contributed by atoms with Gasteiger partial charge in [-0.1, -0.05) is 91.0 Å². The van der Waals surface area contributed by atoms with Crippen molar-refractivity contribution in [3.05, 3.63) is 182 Å². The highest BCUT2D eigenvalue weighted by molar-refractivity contribution is 8.13. The molecule has 11 rings (SSSR count). The molecule has 0 aliphatic carbocycles. The molecule has 83 heavy (non-hydrogen) atoms. The second-order valence-corrected chi connectivity index (χ2v) is 22.3. The molecule has 0 spiro atoms. The van der Waals surface area contributed by atoms with Crippen molar-refractivity contribution in [1.82, 2.24) is 50.3 Å². The summed E-state index contributed by atoms with van der Waals surface area (Å²) in [5.41, 5.74) is 16.6. The lowest BCUT2D eigenvalue weighted by Crippen LogP contribution is -2.09. The van der Waals surface area contributed by atoms with Gasteiger partial charge in [0, 0.05) is 81.6 Å². The zero-order valence-corrected chi connectivity index (χ0v) is 47.0. The van der Waals surface area contributed by atoms with E-state index in [-0.39, 0.29) is 53.1 Å². The quantitative estimate of drug-likeness (QED) is 0.0227. The van der Waals surface area contributed by atoms with Gasteiger partial charge in [0.15, 0.2) is 9.84 Å². The Hall–Kier alpha value is -9.87. The molecule has 8 aromatic heterocycles. The van der Waals surface area contributed by atoms with Crippen molar-refractivity contribution in [2.75, 3.05) is 25.5 Å². The number of sulfone groups is 1. The van der Waals surface area contributed by atoms with Crippen LogP contribution in [-0.2, 0) is 59.7 Å². The van der Waals surface area contributed by atoms with E-state index in [1.165, 1.54) is 24.7 Å². The number of anilines is 1. The van der Waals surface area contributed by atoms with Crippen molar-refractivity contribution < 1.29 is 45.5 Å². The van der Waals surface area contributed by atoms with Crippen LogP contribution in [0.25, 0.3) is 66.9 Å². The summed E-state index contributed by atoms with van der Waals surface area (Å²) < 4.78 is 54.7. The topological polar surface area (TPSA) is 337 Å². The molecule has 0 fully saturated rings. The number of rotatable bonds is 16. The lowest BCUT2D eigenvalue weighted by Gasteiger charge is -2.02. The monoisotopic (exact) mass is 1180 g/mol. The first-order valence-electron chi connectivity index (χ1n) is 25.4. The van der Waals surface area contributed by atoms with Crippen LogP contribution >= 0.6 is 10.7 Å². The molecule has 0 atom stereocenters. The number of carbonyl (C=O) groups excluding carboxylic acids is 4. The molecule has 0 unspecified atom stereocenters. The van der Waals surface area contributed by atoms with Crippen molar-refractivity contribution in [3.8, 4) is 33.8 Å². The van der Waals surface area contributed by atoms with E-state index in [0.717, 1.165) is 78.6 Å². The summed E-state index contributed by atoms with van der Waals surface area (Å²) in [5, 5.41) is 14.8. The number of hydrogen-bond acceptors (Lipinski definition) is 17. The number of carbonyl (C=O) groups is 3. The Labute approximate surface area is 480 Å². The number of nitrogen functional groups attached to an aromatic ring is 1.